The maximum absolute atomic E-state index is 12.8. The summed E-state index contributed by atoms with van der Waals surface area (Å²) in [6.45, 7) is 2.25. The van der Waals surface area contributed by atoms with Crippen molar-refractivity contribution in [2.24, 2.45) is 11.7 Å². The van der Waals surface area contributed by atoms with Crippen LogP contribution in [0, 0.1) is 5.92 Å². The predicted octanol–water partition coefficient (Wildman–Crippen LogP) is 3.64. The molecular formula is C23H25N3O5S2. The van der Waals surface area contributed by atoms with Crippen LogP contribution < -0.4 is 11.1 Å². The number of rotatable bonds is 7. The molecule has 8 nitrogen and oxygen atoms in total. The number of carbonyl (C=O) groups is 2. The summed E-state index contributed by atoms with van der Waals surface area (Å²) in [6, 6.07) is 9.06. The fraction of sp³-hybridized carbons (Fsp3) is 0.304. The summed E-state index contributed by atoms with van der Waals surface area (Å²) in [7, 11) is -2.30. The molecule has 2 amide bonds. The van der Waals surface area contributed by atoms with E-state index in [4.69, 9.17) is 10.2 Å². The number of hydrogen-bond acceptors (Lipinski definition) is 6. The molecule has 1 aliphatic carbocycles. The van der Waals surface area contributed by atoms with Gasteiger partial charge in [-0.3, -0.25) is 9.59 Å². The van der Waals surface area contributed by atoms with Gasteiger partial charge in [-0.15, -0.1) is 11.3 Å². The zero-order valence-corrected chi connectivity index (χ0v) is 20.0. The lowest BCUT2D eigenvalue weighted by atomic mass is 9.88. The first-order valence-corrected chi connectivity index (χ1v) is 12.8. The van der Waals surface area contributed by atoms with Crippen molar-refractivity contribution in [3.05, 3.63) is 70.0 Å². The Labute approximate surface area is 196 Å². The van der Waals surface area contributed by atoms with Crippen LogP contribution in [0.25, 0.3) is 0 Å². The average molecular weight is 488 g/mol. The number of amides is 2. The number of fused-ring (bicyclic) bond motifs is 1. The van der Waals surface area contributed by atoms with Gasteiger partial charge in [0, 0.05) is 17.5 Å². The minimum atomic E-state index is -3.76. The summed E-state index contributed by atoms with van der Waals surface area (Å²) >= 11 is 1.39. The van der Waals surface area contributed by atoms with Gasteiger partial charge in [0.15, 0.2) is 0 Å². The summed E-state index contributed by atoms with van der Waals surface area (Å²) in [6.07, 6.45) is 4.08. The van der Waals surface area contributed by atoms with E-state index in [-0.39, 0.29) is 17.0 Å². The van der Waals surface area contributed by atoms with Gasteiger partial charge in [0.05, 0.1) is 23.3 Å². The molecule has 1 aromatic carbocycles. The molecule has 2 heterocycles. The number of furan rings is 1. The first-order chi connectivity index (χ1) is 15.7. The number of nitrogens with zero attached hydrogens (tertiary/aromatic N) is 1. The van der Waals surface area contributed by atoms with Crippen molar-refractivity contribution in [1.29, 1.82) is 0 Å². The molecule has 10 heteroatoms. The van der Waals surface area contributed by atoms with E-state index >= 15 is 0 Å². The van der Waals surface area contributed by atoms with E-state index in [2.05, 4.69) is 12.2 Å². The number of benzene rings is 1. The standard InChI is InChI=1S/C23H25N3O5S2/c1-14-5-10-18-19(12-14)32-23(20(18)21(24)27)25-22(28)15-6-8-17(9-7-15)33(29,30)26(2)13-16-4-3-11-31-16/h3-4,6-9,11,14H,5,10,12-13H2,1-2H3,(H2,24,27)(H,25,28). The quantitative estimate of drug-likeness (QED) is 0.527. The second kappa shape index (κ2) is 9.12. The van der Waals surface area contributed by atoms with Gasteiger partial charge in [-0.25, -0.2) is 8.42 Å². The fourth-order valence-corrected chi connectivity index (χ4v) is 6.49. The molecule has 0 saturated carbocycles. The summed E-state index contributed by atoms with van der Waals surface area (Å²) < 4.78 is 32.0. The van der Waals surface area contributed by atoms with Gasteiger partial charge >= 0.3 is 0 Å². The maximum atomic E-state index is 12.8. The first-order valence-electron chi connectivity index (χ1n) is 10.5. The van der Waals surface area contributed by atoms with Gasteiger partial charge in [0.25, 0.3) is 11.8 Å². The average Bonchev–Trinajstić information content (AvgIpc) is 3.40. The largest absolute Gasteiger partial charge is 0.468 e. The van der Waals surface area contributed by atoms with Crippen molar-refractivity contribution in [3.8, 4) is 0 Å². The first kappa shape index (κ1) is 23.2. The van der Waals surface area contributed by atoms with Gasteiger partial charge in [0.1, 0.15) is 10.8 Å². The third kappa shape index (κ3) is 4.73. The van der Waals surface area contributed by atoms with E-state index in [0.717, 1.165) is 29.7 Å². The predicted molar refractivity (Wildman–Crippen MR) is 126 cm³/mol. The van der Waals surface area contributed by atoms with E-state index in [0.29, 0.717) is 22.2 Å². The number of hydrogen-bond donors (Lipinski definition) is 2. The summed E-state index contributed by atoms with van der Waals surface area (Å²) in [5, 5.41) is 3.24. The lowest BCUT2D eigenvalue weighted by molar-refractivity contribution is 0.1000. The second-order valence-electron chi connectivity index (χ2n) is 8.24. The Morgan fingerprint density at radius 2 is 1.97 bits per heavy atom. The molecule has 174 valence electrons. The zero-order chi connectivity index (χ0) is 23.8. The van der Waals surface area contributed by atoms with E-state index < -0.39 is 21.8 Å². The molecule has 0 saturated heterocycles. The Morgan fingerprint density at radius 3 is 2.61 bits per heavy atom. The van der Waals surface area contributed by atoms with Crippen LogP contribution in [0.3, 0.4) is 0 Å². The Kier molecular flexibility index (Phi) is 6.42. The number of anilines is 1. The number of carbonyl (C=O) groups excluding carboxylic acids is 2. The third-order valence-electron chi connectivity index (χ3n) is 5.77. The van der Waals surface area contributed by atoms with Gasteiger partial charge in [-0.1, -0.05) is 6.92 Å². The van der Waals surface area contributed by atoms with Crippen LogP contribution in [0.2, 0.25) is 0 Å². The highest BCUT2D eigenvalue weighted by Gasteiger charge is 2.28. The molecule has 0 spiro atoms. The molecule has 0 fully saturated rings. The number of thiophene rings is 1. The third-order valence-corrected chi connectivity index (χ3v) is 8.76. The van der Waals surface area contributed by atoms with Crippen molar-refractivity contribution >= 4 is 38.2 Å². The molecule has 3 N–H and O–H groups in total. The van der Waals surface area contributed by atoms with Crippen LogP contribution in [-0.2, 0) is 29.4 Å². The molecule has 2 aromatic heterocycles. The minimum absolute atomic E-state index is 0.0616. The molecule has 0 aliphatic heterocycles. The minimum Gasteiger partial charge on any atom is -0.468 e. The fourth-order valence-electron chi connectivity index (χ4n) is 3.94. The molecule has 33 heavy (non-hydrogen) atoms. The number of sulfonamides is 1. The SMILES string of the molecule is CC1CCc2c(sc(NC(=O)c3ccc(S(=O)(=O)N(C)Cc4ccco4)cc3)c2C(N)=O)C1. The molecule has 1 unspecified atom stereocenters. The Bertz CT molecular complexity index is 1280. The van der Waals surface area contributed by atoms with Crippen molar-refractivity contribution < 1.29 is 22.4 Å². The summed E-state index contributed by atoms with van der Waals surface area (Å²) in [5.41, 5.74) is 7.21. The molecular weight excluding hydrogens is 462 g/mol. The monoisotopic (exact) mass is 487 g/mol. The maximum Gasteiger partial charge on any atom is 0.256 e. The highest BCUT2D eigenvalue weighted by atomic mass is 32.2. The Hall–Kier alpha value is -2.95. The van der Waals surface area contributed by atoms with Crippen molar-refractivity contribution in [3.63, 3.8) is 0 Å². The van der Waals surface area contributed by atoms with Crippen LogP contribution in [0.4, 0.5) is 5.00 Å². The lowest BCUT2D eigenvalue weighted by Crippen LogP contribution is -2.26. The van der Waals surface area contributed by atoms with Gasteiger partial charge in [-0.2, -0.15) is 4.31 Å². The smallest absolute Gasteiger partial charge is 0.256 e. The number of primary amides is 1. The molecule has 4 rings (SSSR count). The number of nitrogens with one attached hydrogen (secondary N) is 1. The second-order valence-corrected chi connectivity index (χ2v) is 11.4. The molecule has 1 aliphatic rings. The number of nitrogens with two attached hydrogens (primary N) is 1. The van der Waals surface area contributed by atoms with E-state index in [1.54, 1.807) is 12.1 Å². The Balaban J connectivity index is 1.52. The van der Waals surface area contributed by atoms with E-state index in [9.17, 15) is 18.0 Å². The van der Waals surface area contributed by atoms with Crippen LogP contribution in [0.1, 0.15) is 50.3 Å². The van der Waals surface area contributed by atoms with E-state index in [1.165, 1.54) is 53.2 Å². The van der Waals surface area contributed by atoms with E-state index in [1.807, 2.05) is 0 Å². The normalized spacial score (nSPS) is 15.9. The molecule has 0 radical (unpaired) electrons. The summed E-state index contributed by atoms with van der Waals surface area (Å²) in [5.74, 6) is 0.0478. The topological polar surface area (TPSA) is 123 Å². The van der Waals surface area contributed by atoms with Crippen molar-refractivity contribution in [1.82, 2.24) is 4.31 Å². The zero-order valence-electron chi connectivity index (χ0n) is 18.3. The van der Waals surface area contributed by atoms with Gasteiger partial charge < -0.3 is 15.5 Å². The molecule has 0 bridgehead atoms. The van der Waals surface area contributed by atoms with Gasteiger partial charge in [-0.05, 0) is 67.1 Å². The highest BCUT2D eigenvalue weighted by molar-refractivity contribution is 7.89. The summed E-state index contributed by atoms with van der Waals surface area (Å²) in [4.78, 5) is 26.1. The van der Waals surface area contributed by atoms with Crippen LogP contribution in [0.5, 0.6) is 0 Å². The Morgan fingerprint density at radius 1 is 1.24 bits per heavy atom. The van der Waals surface area contributed by atoms with Crippen molar-refractivity contribution in [2.75, 3.05) is 12.4 Å². The van der Waals surface area contributed by atoms with Crippen molar-refractivity contribution in [2.45, 2.75) is 37.6 Å². The van der Waals surface area contributed by atoms with Crippen LogP contribution in [-0.4, -0.2) is 31.6 Å². The van der Waals surface area contributed by atoms with Gasteiger partial charge in [0.2, 0.25) is 10.0 Å². The van der Waals surface area contributed by atoms with Crippen LogP contribution in [0.15, 0.2) is 52.0 Å². The highest BCUT2D eigenvalue weighted by Crippen LogP contribution is 2.39. The molecule has 1 atom stereocenters. The van der Waals surface area contributed by atoms with Crippen LogP contribution >= 0.6 is 11.3 Å². The lowest BCUT2D eigenvalue weighted by Gasteiger charge is -2.18. The molecule has 3 aromatic rings.